The second-order valence-corrected chi connectivity index (χ2v) is 6.89. The van der Waals surface area contributed by atoms with Gasteiger partial charge in [0.1, 0.15) is 11.8 Å². The third-order valence-electron chi connectivity index (χ3n) is 3.58. The zero-order valence-electron chi connectivity index (χ0n) is 15.3. The van der Waals surface area contributed by atoms with Crippen LogP contribution in [0.1, 0.15) is 32.2 Å². The van der Waals surface area contributed by atoms with Crippen molar-refractivity contribution in [2.75, 3.05) is 12.4 Å². The Morgan fingerprint density at radius 3 is 2.65 bits per heavy atom. The van der Waals surface area contributed by atoms with Crippen LogP contribution in [-0.2, 0) is 6.42 Å². The molecule has 26 heavy (non-hydrogen) atoms. The van der Waals surface area contributed by atoms with E-state index < -0.39 is 6.03 Å². The monoisotopic (exact) mass is 354 g/mol. The predicted octanol–water partition coefficient (Wildman–Crippen LogP) is 2.61. The average Bonchev–Trinajstić information content (AvgIpc) is 2.60. The van der Waals surface area contributed by atoms with Crippen LogP contribution in [0.4, 0.5) is 10.5 Å². The fourth-order valence-corrected chi connectivity index (χ4v) is 2.63. The van der Waals surface area contributed by atoms with Crippen LogP contribution >= 0.6 is 0 Å². The highest BCUT2D eigenvalue weighted by Gasteiger charge is 2.22. The lowest BCUT2D eigenvalue weighted by atomic mass is 9.84. The number of hydrogen-bond acceptors (Lipinski definition) is 6. The van der Waals surface area contributed by atoms with Gasteiger partial charge in [-0.05, 0) is 24.0 Å². The van der Waals surface area contributed by atoms with Crippen LogP contribution in [0, 0.1) is 16.7 Å². The quantitative estimate of drug-likeness (QED) is 0.440. The van der Waals surface area contributed by atoms with Crippen LogP contribution in [0.2, 0.25) is 0 Å². The number of nitrogens with zero attached hydrogens (tertiary/aromatic N) is 3. The highest BCUT2D eigenvalue weighted by Crippen LogP contribution is 2.39. The largest absolute Gasteiger partial charge is 0.494 e. The van der Waals surface area contributed by atoms with E-state index in [-0.39, 0.29) is 11.2 Å². The lowest BCUT2D eigenvalue weighted by molar-refractivity contribution is 0.252. The van der Waals surface area contributed by atoms with E-state index >= 15 is 0 Å². The molecule has 0 bridgehead atoms. The van der Waals surface area contributed by atoms with Crippen LogP contribution in [0.5, 0.6) is 5.75 Å². The summed E-state index contributed by atoms with van der Waals surface area (Å²) in [6.45, 7) is 6.30. The van der Waals surface area contributed by atoms with Gasteiger partial charge >= 0.3 is 6.03 Å². The minimum absolute atomic E-state index is 0.0537. The van der Waals surface area contributed by atoms with Gasteiger partial charge in [-0.1, -0.05) is 26.8 Å². The zero-order valence-corrected chi connectivity index (χ0v) is 15.3. The Hall–Kier alpha value is -3.18. The number of carbonyl (C=O) groups is 1. The number of aromatic nitrogens is 2. The van der Waals surface area contributed by atoms with E-state index in [0.717, 1.165) is 11.1 Å². The molecule has 4 N–H and O–H groups in total. The van der Waals surface area contributed by atoms with Crippen LogP contribution in [-0.4, -0.2) is 23.1 Å². The fraction of sp³-hybridized carbons (Fsp3) is 0.333. The van der Waals surface area contributed by atoms with E-state index in [0.29, 0.717) is 23.6 Å². The molecule has 2 rings (SSSR count). The lowest BCUT2D eigenvalue weighted by Crippen LogP contribution is -2.34. The topological polar surface area (TPSA) is 126 Å². The number of nitrogens with one attached hydrogen (secondary N) is 2. The number of amides is 2. The Balaban J connectivity index is 2.67. The van der Waals surface area contributed by atoms with E-state index in [1.54, 1.807) is 18.3 Å². The van der Waals surface area contributed by atoms with Gasteiger partial charge in [0, 0.05) is 17.3 Å². The Morgan fingerprint density at radius 2 is 2.08 bits per heavy atom. The molecule has 0 aliphatic rings. The molecule has 0 fully saturated rings. The molecule has 1 aromatic carbocycles. The normalized spacial score (nSPS) is 10.8. The van der Waals surface area contributed by atoms with Gasteiger partial charge in [-0.15, -0.1) is 0 Å². The Morgan fingerprint density at radius 1 is 1.35 bits per heavy atom. The van der Waals surface area contributed by atoms with Crippen molar-refractivity contribution in [1.82, 2.24) is 15.4 Å². The highest BCUT2D eigenvalue weighted by molar-refractivity contribution is 5.92. The molecule has 1 aromatic heterocycles. The third-order valence-corrected chi connectivity index (χ3v) is 3.58. The first-order valence-corrected chi connectivity index (χ1v) is 8.00. The summed E-state index contributed by atoms with van der Waals surface area (Å²) < 4.78 is 5.59. The SMILES string of the molecule is COc1c(NC(=O)NN)ccc(-c2ccnc(C#N)n2)c1CC(C)(C)C. The molecule has 0 unspecified atom stereocenters. The van der Waals surface area contributed by atoms with E-state index in [4.69, 9.17) is 15.8 Å². The van der Waals surface area contributed by atoms with E-state index in [1.165, 1.54) is 7.11 Å². The maximum absolute atomic E-state index is 11.6. The summed E-state index contributed by atoms with van der Waals surface area (Å²) >= 11 is 0. The van der Waals surface area contributed by atoms with Crippen molar-refractivity contribution >= 4 is 11.7 Å². The number of benzene rings is 1. The van der Waals surface area contributed by atoms with Gasteiger partial charge in [0.05, 0.1) is 18.5 Å². The number of nitriles is 1. The van der Waals surface area contributed by atoms with Gasteiger partial charge in [0.2, 0.25) is 5.82 Å². The standard InChI is InChI=1S/C18H22N6O2/c1-18(2,3)9-12-11(13-7-8-21-15(10-19)22-13)5-6-14(16(12)26-4)23-17(25)24-20/h5-8H,9,20H2,1-4H3,(H2,23,24,25). The molecule has 136 valence electrons. The number of rotatable bonds is 4. The second kappa shape index (κ2) is 7.80. The van der Waals surface area contributed by atoms with Crippen molar-refractivity contribution < 1.29 is 9.53 Å². The number of hydrazine groups is 1. The minimum atomic E-state index is -0.549. The molecule has 0 aliphatic carbocycles. The number of carbonyl (C=O) groups excluding carboxylic acids is 1. The summed E-state index contributed by atoms with van der Waals surface area (Å²) in [5.74, 6) is 5.77. The molecule has 8 nitrogen and oxygen atoms in total. The summed E-state index contributed by atoms with van der Waals surface area (Å²) in [7, 11) is 1.54. The van der Waals surface area contributed by atoms with Gasteiger partial charge in [-0.25, -0.2) is 20.6 Å². The lowest BCUT2D eigenvalue weighted by Gasteiger charge is -2.24. The molecule has 0 aliphatic heterocycles. The molecule has 2 amide bonds. The summed E-state index contributed by atoms with van der Waals surface area (Å²) in [6.07, 6.45) is 2.21. The molecule has 0 saturated heterocycles. The molecular weight excluding hydrogens is 332 g/mol. The van der Waals surface area contributed by atoms with Crippen molar-refractivity contribution in [1.29, 1.82) is 5.26 Å². The molecular formula is C18H22N6O2. The molecule has 8 heteroatoms. The number of nitrogens with two attached hydrogens (primary N) is 1. The maximum Gasteiger partial charge on any atom is 0.333 e. The average molecular weight is 354 g/mol. The van der Waals surface area contributed by atoms with Crippen molar-refractivity contribution in [3.05, 3.63) is 35.8 Å². The van der Waals surface area contributed by atoms with Crippen molar-refractivity contribution in [2.45, 2.75) is 27.2 Å². The minimum Gasteiger partial charge on any atom is -0.494 e. The molecule has 1 heterocycles. The third kappa shape index (κ3) is 4.46. The molecule has 2 aromatic rings. The fourth-order valence-electron chi connectivity index (χ4n) is 2.63. The van der Waals surface area contributed by atoms with Crippen molar-refractivity contribution in [3.8, 4) is 23.1 Å². The summed E-state index contributed by atoms with van der Waals surface area (Å²) in [4.78, 5) is 19.8. The summed E-state index contributed by atoms with van der Waals surface area (Å²) in [5, 5.41) is 11.7. The van der Waals surface area contributed by atoms with Crippen LogP contribution in [0.15, 0.2) is 24.4 Å². The van der Waals surface area contributed by atoms with Crippen molar-refractivity contribution in [3.63, 3.8) is 0 Å². The van der Waals surface area contributed by atoms with E-state index in [1.807, 2.05) is 17.6 Å². The first-order chi connectivity index (χ1) is 12.3. The predicted molar refractivity (Wildman–Crippen MR) is 98.2 cm³/mol. The van der Waals surface area contributed by atoms with E-state index in [9.17, 15) is 4.79 Å². The molecule has 0 atom stereocenters. The highest BCUT2D eigenvalue weighted by atomic mass is 16.5. The Labute approximate surface area is 152 Å². The number of ether oxygens (including phenoxy) is 1. The molecule has 0 saturated carbocycles. The van der Waals surface area contributed by atoms with Crippen LogP contribution in [0.25, 0.3) is 11.3 Å². The molecule has 0 radical (unpaired) electrons. The molecule has 0 spiro atoms. The van der Waals surface area contributed by atoms with Gasteiger partial charge in [0.25, 0.3) is 0 Å². The second-order valence-electron chi connectivity index (χ2n) is 6.89. The Bertz CT molecular complexity index is 852. The first-order valence-electron chi connectivity index (χ1n) is 8.00. The van der Waals surface area contributed by atoms with Gasteiger partial charge in [-0.2, -0.15) is 5.26 Å². The van der Waals surface area contributed by atoms with E-state index in [2.05, 4.69) is 36.1 Å². The number of hydrogen-bond donors (Lipinski definition) is 3. The zero-order chi connectivity index (χ0) is 19.3. The smallest absolute Gasteiger partial charge is 0.333 e. The number of urea groups is 1. The van der Waals surface area contributed by atoms with Crippen LogP contribution in [0.3, 0.4) is 0 Å². The maximum atomic E-state index is 11.6. The van der Waals surface area contributed by atoms with Gasteiger partial charge in [0.15, 0.2) is 0 Å². The van der Waals surface area contributed by atoms with Gasteiger partial charge < -0.3 is 10.1 Å². The first kappa shape index (κ1) is 19.1. The Kier molecular flexibility index (Phi) is 5.75. The van der Waals surface area contributed by atoms with Crippen molar-refractivity contribution in [2.24, 2.45) is 11.3 Å². The number of methoxy groups -OCH3 is 1. The van der Waals surface area contributed by atoms with Crippen LogP contribution < -0.4 is 21.3 Å². The summed E-state index contributed by atoms with van der Waals surface area (Å²) in [6, 6.07) is 6.68. The van der Waals surface area contributed by atoms with Gasteiger partial charge in [-0.3, -0.25) is 5.43 Å². The number of anilines is 1. The summed E-state index contributed by atoms with van der Waals surface area (Å²) in [5.41, 5.74) is 4.77.